The number of aromatic nitrogens is 1. The van der Waals surface area contributed by atoms with Gasteiger partial charge in [0, 0.05) is 38.3 Å². The van der Waals surface area contributed by atoms with E-state index < -0.39 is 10.0 Å². The average molecular weight is 420 g/mol. The highest BCUT2D eigenvalue weighted by Crippen LogP contribution is 2.26. The number of sulfonamides is 1. The first kappa shape index (κ1) is 20.3. The van der Waals surface area contributed by atoms with Crippen molar-refractivity contribution in [2.45, 2.75) is 17.1 Å². The van der Waals surface area contributed by atoms with Crippen LogP contribution in [-0.4, -0.2) is 49.8 Å². The third kappa shape index (κ3) is 4.67. The van der Waals surface area contributed by atoms with E-state index in [1.165, 1.54) is 15.6 Å². The number of nitrogens with one attached hydrogen (secondary N) is 2. The lowest BCUT2D eigenvalue weighted by Crippen LogP contribution is -2.43. The Morgan fingerprint density at radius 1 is 1.29 bits per heavy atom. The number of carbonyl (C=O) groups excluding carboxylic acids is 1. The van der Waals surface area contributed by atoms with E-state index in [-0.39, 0.29) is 11.8 Å². The third-order valence-corrected chi connectivity index (χ3v) is 7.83. The summed E-state index contributed by atoms with van der Waals surface area (Å²) < 4.78 is 26.8. The van der Waals surface area contributed by atoms with E-state index in [1.54, 1.807) is 35.8 Å². The molecule has 0 aromatic carbocycles. The van der Waals surface area contributed by atoms with Crippen molar-refractivity contribution in [3.8, 4) is 6.07 Å². The van der Waals surface area contributed by atoms with E-state index in [0.717, 1.165) is 0 Å². The van der Waals surface area contributed by atoms with E-state index in [4.69, 9.17) is 5.26 Å². The van der Waals surface area contributed by atoms with Crippen molar-refractivity contribution in [3.05, 3.63) is 41.4 Å². The van der Waals surface area contributed by atoms with Crippen LogP contribution in [0, 0.1) is 17.2 Å². The summed E-state index contributed by atoms with van der Waals surface area (Å²) in [7, 11) is -3.45. The van der Waals surface area contributed by atoms with E-state index >= 15 is 0 Å². The molecule has 2 aromatic heterocycles. The van der Waals surface area contributed by atoms with E-state index in [0.29, 0.717) is 54.6 Å². The molecule has 0 radical (unpaired) electrons. The van der Waals surface area contributed by atoms with E-state index in [9.17, 15) is 13.2 Å². The molecule has 0 spiro atoms. The van der Waals surface area contributed by atoms with Crippen LogP contribution in [0.3, 0.4) is 0 Å². The quantitative estimate of drug-likeness (QED) is 0.660. The molecule has 0 bridgehead atoms. The van der Waals surface area contributed by atoms with E-state index in [2.05, 4.69) is 21.7 Å². The fraction of sp³-hybridized carbons (Fsp3) is 0.389. The zero-order valence-electron chi connectivity index (χ0n) is 15.2. The molecule has 10 heteroatoms. The van der Waals surface area contributed by atoms with Gasteiger partial charge >= 0.3 is 0 Å². The number of hydrogen-bond donors (Lipinski definition) is 2. The highest BCUT2D eigenvalue weighted by atomic mass is 32.2. The van der Waals surface area contributed by atoms with Gasteiger partial charge in [-0.25, -0.2) is 13.4 Å². The Balaban J connectivity index is 1.43. The van der Waals surface area contributed by atoms with Crippen molar-refractivity contribution in [3.63, 3.8) is 0 Å². The molecule has 28 heavy (non-hydrogen) atoms. The molecule has 2 N–H and O–H groups in total. The molecule has 0 atom stereocenters. The van der Waals surface area contributed by atoms with Crippen LogP contribution in [-0.2, 0) is 14.8 Å². The summed E-state index contributed by atoms with van der Waals surface area (Å²) in [4.78, 5) is 16.4. The summed E-state index contributed by atoms with van der Waals surface area (Å²) in [6.07, 6.45) is 2.60. The van der Waals surface area contributed by atoms with Gasteiger partial charge in [0.1, 0.15) is 16.1 Å². The monoisotopic (exact) mass is 419 g/mol. The van der Waals surface area contributed by atoms with Gasteiger partial charge in [0.15, 0.2) is 0 Å². The maximum atomic E-state index is 12.5. The molecule has 1 saturated heterocycles. The van der Waals surface area contributed by atoms with Crippen molar-refractivity contribution in [2.24, 2.45) is 5.92 Å². The van der Waals surface area contributed by atoms with Crippen LogP contribution in [0.2, 0.25) is 0 Å². The van der Waals surface area contributed by atoms with Crippen LogP contribution in [0.15, 0.2) is 40.1 Å². The maximum Gasteiger partial charge on any atom is 0.252 e. The number of piperidine rings is 1. The minimum Gasteiger partial charge on any atom is -0.367 e. The number of amides is 1. The van der Waals surface area contributed by atoms with Crippen LogP contribution >= 0.6 is 11.3 Å². The van der Waals surface area contributed by atoms with Gasteiger partial charge < -0.3 is 10.6 Å². The largest absolute Gasteiger partial charge is 0.367 e. The fourth-order valence-corrected chi connectivity index (χ4v) is 5.66. The molecular weight excluding hydrogens is 398 g/mol. The Morgan fingerprint density at radius 2 is 2.07 bits per heavy atom. The zero-order chi connectivity index (χ0) is 20.0. The molecular formula is C18H21N5O3S2. The molecule has 1 fully saturated rings. The predicted octanol–water partition coefficient (Wildman–Crippen LogP) is 1.64. The molecule has 0 aliphatic carbocycles. The minimum atomic E-state index is -3.45. The molecule has 0 unspecified atom stereocenters. The molecule has 1 aliphatic rings. The minimum absolute atomic E-state index is 0.0727. The SMILES string of the molecule is N#Cc1cccnc1NCCNC(=O)C1CCN(S(=O)(=O)c2cccs2)CC1. The Hall–Kier alpha value is -2.48. The van der Waals surface area contributed by atoms with Crippen LogP contribution in [0.1, 0.15) is 18.4 Å². The first-order valence-corrected chi connectivity index (χ1v) is 11.2. The van der Waals surface area contributed by atoms with Gasteiger partial charge in [-0.2, -0.15) is 9.57 Å². The highest BCUT2D eigenvalue weighted by Gasteiger charge is 2.32. The summed E-state index contributed by atoms with van der Waals surface area (Å²) in [5.41, 5.74) is 0.452. The second kappa shape index (κ2) is 9.14. The fourth-order valence-electron chi connectivity index (χ4n) is 3.04. The molecule has 3 rings (SSSR count). The number of anilines is 1. The van der Waals surface area contributed by atoms with E-state index in [1.807, 2.05) is 0 Å². The van der Waals surface area contributed by atoms with Gasteiger partial charge in [0.25, 0.3) is 10.0 Å². The number of rotatable bonds is 7. The normalized spacial score (nSPS) is 15.7. The smallest absolute Gasteiger partial charge is 0.252 e. The molecule has 8 nitrogen and oxygen atoms in total. The lowest BCUT2D eigenvalue weighted by atomic mass is 9.97. The Labute approximate surface area is 168 Å². The van der Waals surface area contributed by atoms with Crippen LogP contribution in [0.4, 0.5) is 5.82 Å². The summed E-state index contributed by atoms with van der Waals surface area (Å²) >= 11 is 1.20. The third-order valence-electron chi connectivity index (χ3n) is 4.56. The Morgan fingerprint density at radius 3 is 2.75 bits per heavy atom. The van der Waals surface area contributed by atoms with Crippen molar-refractivity contribution in [1.82, 2.24) is 14.6 Å². The van der Waals surface area contributed by atoms with Crippen molar-refractivity contribution < 1.29 is 13.2 Å². The number of nitriles is 1. The second-order valence-electron chi connectivity index (χ2n) is 6.34. The molecule has 0 saturated carbocycles. The Kier molecular flexibility index (Phi) is 6.61. The molecule has 1 aliphatic heterocycles. The Bertz CT molecular complexity index is 946. The summed E-state index contributed by atoms with van der Waals surface area (Å²) in [6, 6.07) is 8.74. The van der Waals surface area contributed by atoms with Crippen molar-refractivity contribution >= 4 is 33.1 Å². The van der Waals surface area contributed by atoms with Gasteiger partial charge in [-0.05, 0) is 36.4 Å². The van der Waals surface area contributed by atoms with Crippen molar-refractivity contribution in [1.29, 1.82) is 5.26 Å². The van der Waals surface area contributed by atoms with Gasteiger partial charge in [0.2, 0.25) is 5.91 Å². The predicted molar refractivity (Wildman–Crippen MR) is 106 cm³/mol. The number of hydrogen-bond acceptors (Lipinski definition) is 7. The summed E-state index contributed by atoms with van der Waals surface area (Å²) in [5.74, 6) is 0.224. The highest BCUT2D eigenvalue weighted by molar-refractivity contribution is 7.91. The second-order valence-corrected chi connectivity index (χ2v) is 9.45. The van der Waals surface area contributed by atoms with Crippen molar-refractivity contribution in [2.75, 3.05) is 31.5 Å². The molecule has 1 amide bonds. The lowest BCUT2D eigenvalue weighted by molar-refractivity contribution is -0.126. The average Bonchev–Trinajstić information content (AvgIpc) is 3.27. The van der Waals surface area contributed by atoms with Gasteiger partial charge in [0.05, 0.1) is 5.56 Å². The lowest BCUT2D eigenvalue weighted by Gasteiger charge is -2.30. The standard InChI is InChI=1S/C18H21N5O3S2/c19-13-15-3-1-7-20-17(15)21-8-9-22-18(24)14-5-10-23(11-6-14)28(25,26)16-4-2-12-27-16/h1-4,7,12,14H,5-6,8-11H2,(H,20,21)(H,22,24). The van der Waals surface area contributed by atoms with Crippen LogP contribution in [0.5, 0.6) is 0 Å². The molecule has 3 heterocycles. The number of thiophene rings is 1. The summed E-state index contributed by atoms with van der Waals surface area (Å²) in [5, 5.41) is 16.7. The van der Waals surface area contributed by atoms with Crippen LogP contribution < -0.4 is 10.6 Å². The zero-order valence-corrected chi connectivity index (χ0v) is 16.8. The first-order chi connectivity index (χ1) is 13.5. The maximum absolute atomic E-state index is 12.5. The van der Waals surface area contributed by atoms with Gasteiger partial charge in [-0.1, -0.05) is 6.07 Å². The topological polar surface area (TPSA) is 115 Å². The number of nitrogens with zero attached hydrogens (tertiary/aromatic N) is 3. The van der Waals surface area contributed by atoms with Crippen LogP contribution in [0.25, 0.3) is 0 Å². The first-order valence-electron chi connectivity index (χ1n) is 8.92. The number of carbonyl (C=O) groups is 1. The van der Waals surface area contributed by atoms with Gasteiger partial charge in [-0.15, -0.1) is 11.3 Å². The molecule has 148 valence electrons. The molecule has 2 aromatic rings. The van der Waals surface area contributed by atoms with Gasteiger partial charge in [-0.3, -0.25) is 4.79 Å². The summed E-state index contributed by atoms with van der Waals surface area (Å²) in [6.45, 7) is 1.53. The number of pyridine rings is 1.